The van der Waals surface area contributed by atoms with E-state index in [4.69, 9.17) is 19.0 Å². The Kier molecular flexibility index (Phi) is 6.56. The molecule has 0 fully saturated rings. The molecule has 32 heavy (non-hydrogen) atoms. The van der Waals surface area contributed by atoms with Crippen LogP contribution in [0.15, 0.2) is 57.8 Å². The van der Waals surface area contributed by atoms with Crippen LogP contribution in [0.4, 0.5) is 0 Å². The van der Waals surface area contributed by atoms with E-state index in [1.165, 1.54) is 6.08 Å². The molecule has 1 aliphatic carbocycles. The van der Waals surface area contributed by atoms with Crippen LogP contribution in [-0.4, -0.2) is 35.5 Å². The number of carboxylic acids is 1. The van der Waals surface area contributed by atoms with Gasteiger partial charge in [0.15, 0.2) is 0 Å². The third kappa shape index (κ3) is 4.84. The Morgan fingerprint density at radius 3 is 2.47 bits per heavy atom. The number of carbonyl (C=O) groups is 1. The topological polar surface area (TPSA) is 106 Å². The first-order valence-electron chi connectivity index (χ1n) is 10.5. The van der Waals surface area contributed by atoms with Crippen LogP contribution >= 0.6 is 0 Å². The Morgan fingerprint density at radius 2 is 1.69 bits per heavy atom. The van der Waals surface area contributed by atoms with E-state index in [1.807, 2.05) is 0 Å². The van der Waals surface area contributed by atoms with Crippen LogP contribution in [0.1, 0.15) is 29.5 Å². The van der Waals surface area contributed by atoms with E-state index in [-0.39, 0.29) is 18.8 Å². The maximum atomic E-state index is 12.3. The second-order valence-electron chi connectivity index (χ2n) is 7.67. The van der Waals surface area contributed by atoms with Crippen LogP contribution in [0, 0.1) is 0 Å². The number of aryl methyl sites for hydroxylation is 1. The minimum Gasteiger partial charge on any atom is -0.490 e. The summed E-state index contributed by atoms with van der Waals surface area (Å²) in [7, 11) is 0. The Labute approximate surface area is 184 Å². The largest absolute Gasteiger partial charge is 0.490 e. The van der Waals surface area contributed by atoms with Gasteiger partial charge in [-0.3, -0.25) is 0 Å². The van der Waals surface area contributed by atoms with Crippen LogP contribution in [0.3, 0.4) is 0 Å². The number of aliphatic carboxylic acids is 1. The number of carboxylic acid groups (broad SMARTS) is 1. The van der Waals surface area contributed by atoms with E-state index < -0.39 is 12.1 Å². The molecule has 0 aliphatic heterocycles. The number of benzene rings is 2. The first-order valence-corrected chi connectivity index (χ1v) is 10.5. The van der Waals surface area contributed by atoms with Gasteiger partial charge >= 0.3 is 11.6 Å². The van der Waals surface area contributed by atoms with Gasteiger partial charge in [0.2, 0.25) is 0 Å². The SMILES string of the molecule is O=C(O)/C=C/c1ccccc1OCC(O)COc1cccc2oc(=O)c3c(c12)CCCC3. The van der Waals surface area contributed by atoms with Crippen molar-refractivity contribution >= 4 is 23.0 Å². The van der Waals surface area contributed by atoms with Gasteiger partial charge in [0.25, 0.3) is 0 Å². The standard InChI is InChI=1S/C25H24O7/c26-17(14-30-20-9-4-1-6-16(20)12-13-23(27)28)15-31-21-10-5-11-22-24(21)18-7-2-3-8-19(18)25(29)32-22/h1,4-6,9-13,17,26H,2-3,7-8,14-15H2,(H,27,28)/b13-12+. The van der Waals surface area contributed by atoms with E-state index in [2.05, 4.69) is 0 Å². The lowest BCUT2D eigenvalue weighted by atomic mass is 9.90. The summed E-state index contributed by atoms with van der Waals surface area (Å²) in [5.74, 6) is -0.0281. The number of hydrogen-bond acceptors (Lipinski definition) is 6. The summed E-state index contributed by atoms with van der Waals surface area (Å²) in [5.41, 5.74) is 2.49. The summed E-state index contributed by atoms with van der Waals surface area (Å²) in [6.45, 7) is -0.0456. The number of rotatable bonds is 8. The Hall–Kier alpha value is -3.58. The maximum absolute atomic E-state index is 12.3. The van der Waals surface area contributed by atoms with Gasteiger partial charge in [0.1, 0.15) is 36.4 Å². The smallest absolute Gasteiger partial charge is 0.339 e. The molecule has 1 heterocycles. The fourth-order valence-electron chi connectivity index (χ4n) is 3.91. The molecule has 0 amide bonds. The number of aliphatic hydroxyl groups excluding tert-OH is 1. The lowest BCUT2D eigenvalue weighted by Gasteiger charge is -2.19. The highest BCUT2D eigenvalue weighted by atomic mass is 16.5. The fourth-order valence-corrected chi connectivity index (χ4v) is 3.91. The molecular formula is C25H24O7. The van der Waals surface area contributed by atoms with Gasteiger partial charge in [-0.05, 0) is 55.5 Å². The molecule has 0 radical (unpaired) electrons. The molecule has 1 aromatic heterocycles. The summed E-state index contributed by atoms with van der Waals surface area (Å²) in [6.07, 6.45) is 5.01. The highest BCUT2D eigenvalue weighted by Gasteiger charge is 2.21. The van der Waals surface area contributed by atoms with Crippen LogP contribution in [0.5, 0.6) is 11.5 Å². The van der Waals surface area contributed by atoms with Gasteiger partial charge in [-0.2, -0.15) is 0 Å². The van der Waals surface area contributed by atoms with Crippen LogP contribution < -0.4 is 15.1 Å². The van der Waals surface area contributed by atoms with Crippen LogP contribution in [-0.2, 0) is 17.6 Å². The molecule has 1 atom stereocenters. The van der Waals surface area contributed by atoms with Crippen LogP contribution in [0.2, 0.25) is 0 Å². The molecule has 3 aromatic rings. The number of ether oxygens (including phenoxy) is 2. The quantitative estimate of drug-likeness (QED) is 0.411. The van der Waals surface area contributed by atoms with Crippen molar-refractivity contribution in [2.75, 3.05) is 13.2 Å². The molecule has 2 aromatic carbocycles. The van der Waals surface area contributed by atoms with Gasteiger partial charge in [0.05, 0.1) is 5.39 Å². The Bertz CT molecular complexity index is 1210. The summed E-state index contributed by atoms with van der Waals surface area (Å²) >= 11 is 0. The highest BCUT2D eigenvalue weighted by molar-refractivity contribution is 5.88. The van der Waals surface area contributed by atoms with Crippen molar-refractivity contribution < 1.29 is 28.9 Å². The first-order chi connectivity index (χ1) is 15.5. The van der Waals surface area contributed by atoms with Gasteiger partial charge in [0, 0.05) is 17.2 Å². The molecule has 0 saturated carbocycles. The fraction of sp³-hybridized carbons (Fsp3) is 0.280. The van der Waals surface area contributed by atoms with Gasteiger partial charge in [-0.15, -0.1) is 0 Å². The Balaban J connectivity index is 1.46. The molecule has 1 unspecified atom stereocenters. The normalized spacial score (nSPS) is 14.3. The molecule has 0 bridgehead atoms. The summed E-state index contributed by atoms with van der Waals surface area (Å²) < 4.78 is 17.1. The van der Waals surface area contributed by atoms with Gasteiger partial charge in [-0.25, -0.2) is 9.59 Å². The van der Waals surface area contributed by atoms with Crippen molar-refractivity contribution in [2.45, 2.75) is 31.8 Å². The summed E-state index contributed by atoms with van der Waals surface area (Å²) in [4.78, 5) is 23.0. The van der Waals surface area contributed by atoms with Crippen molar-refractivity contribution in [3.8, 4) is 11.5 Å². The zero-order valence-corrected chi connectivity index (χ0v) is 17.5. The van der Waals surface area contributed by atoms with Gasteiger partial charge in [-0.1, -0.05) is 24.3 Å². The molecule has 166 valence electrons. The lowest BCUT2D eigenvalue weighted by Crippen LogP contribution is -2.25. The monoisotopic (exact) mass is 436 g/mol. The minimum absolute atomic E-state index is 0.0137. The number of para-hydroxylation sites is 1. The molecule has 7 nitrogen and oxygen atoms in total. The summed E-state index contributed by atoms with van der Waals surface area (Å²) in [5, 5.41) is 20.0. The zero-order valence-electron chi connectivity index (χ0n) is 17.5. The molecule has 2 N–H and O–H groups in total. The molecule has 7 heteroatoms. The predicted octanol–water partition coefficient (Wildman–Crippen LogP) is 3.59. The molecule has 0 spiro atoms. The maximum Gasteiger partial charge on any atom is 0.339 e. The van der Waals surface area contributed by atoms with E-state index in [0.29, 0.717) is 29.1 Å². The number of hydrogen-bond donors (Lipinski definition) is 2. The molecule has 4 rings (SSSR count). The second-order valence-corrected chi connectivity index (χ2v) is 7.67. The van der Waals surface area contributed by atoms with Crippen molar-refractivity contribution in [3.63, 3.8) is 0 Å². The third-order valence-corrected chi connectivity index (χ3v) is 5.39. The van der Waals surface area contributed by atoms with Crippen molar-refractivity contribution in [2.24, 2.45) is 0 Å². The lowest BCUT2D eigenvalue weighted by molar-refractivity contribution is -0.131. The second kappa shape index (κ2) is 9.70. The minimum atomic E-state index is -1.05. The van der Waals surface area contributed by atoms with Crippen molar-refractivity contribution in [1.82, 2.24) is 0 Å². The average molecular weight is 436 g/mol. The number of fused-ring (bicyclic) bond motifs is 3. The predicted molar refractivity (Wildman–Crippen MR) is 119 cm³/mol. The molecule has 0 saturated heterocycles. The highest BCUT2D eigenvalue weighted by Crippen LogP contribution is 2.33. The molecule has 1 aliphatic rings. The third-order valence-electron chi connectivity index (χ3n) is 5.39. The van der Waals surface area contributed by atoms with Crippen molar-refractivity contribution in [1.29, 1.82) is 0 Å². The average Bonchev–Trinajstić information content (AvgIpc) is 2.80. The van der Waals surface area contributed by atoms with Gasteiger partial charge < -0.3 is 24.1 Å². The van der Waals surface area contributed by atoms with E-state index in [0.717, 1.165) is 41.9 Å². The summed E-state index contributed by atoms with van der Waals surface area (Å²) in [6, 6.07) is 12.3. The molecular weight excluding hydrogens is 412 g/mol. The Morgan fingerprint density at radius 1 is 1.00 bits per heavy atom. The zero-order chi connectivity index (χ0) is 22.5. The number of aliphatic hydroxyl groups is 1. The van der Waals surface area contributed by atoms with E-state index in [9.17, 15) is 14.7 Å². The van der Waals surface area contributed by atoms with Crippen LogP contribution in [0.25, 0.3) is 17.0 Å². The van der Waals surface area contributed by atoms with E-state index in [1.54, 1.807) is 42.5 Å². The first kappa shape index (κ1) is 21.6. The van der Waals surface area contributed by atoms with E-state index >= 15 is 0 Å². The van der Waals surface area contributed by atoms with Crippen molar-refractivity contribution in [3.05, 3.63) is 75.7 Å².